The third-order valence-corrected chi connectivity index (χ3v) is 4.77. The zero-order chi connectivity index (χ0) is 15.0. The van der Waals surface area contributed by atoms with E-state index in [1.807, 2.05) is 24.3 Å². The first-order valence-electron chi connectivity index (χ1n) is 6.62. The van der Waals surface area contributed by atoms with Gasteiger partial charge in [-0.1, -0.05) is 50.1 Å². The topological polar surface area (TPSA) is 41.6 Å². The van der Waals surface area contributed by atoms with Gasteiger partial charge in [-0.05, 0) is 42.8 Å². The number of nitrogens with zero attached hydrogens (tertiary/aromatic N) is 2. The van der Waals surface area contributed by atoms with Crippen LogP contribution in [0.25, 0.3) is 0 Å². The second kappa shape index (κ2) is 5.46. The van der Waals surface area contributed by atoms with Gasteiger partial charge in [-0.25, -0.2) is 0 Å². The van der Waals surface area contributed by atoms with Gasteiger partial charge in [-0.3, -0.25) is 4.99 Å². The van der Waals surface area contributed by atoms with E-state index in [1.54, 1.807) is 0 Å². The van der Waals surface area contributed by atoms with Crippen molar-refractivity contribution < 1.29 is 0 Å². The molecule has 0 saturated carbocycles. The first kappa shape index (κ1) is 14.6. The van der Waals surface area contributed by atoms with Crippen molar-refractivity contribution in [3.05, 3.63) is 63.0 Å². The fourth-order valence-electron chi connectivity index (χ4n) is 2.71. The van der Waals surface area contributed by atoms with Crippen molar-refractivity contribution in [2.24, 2.45) is 10.7 Å². The van der Waals surface area contributed by atoms with E-state index in [9.17, 15) is 0 Å². The van der Waals surface area contributed by atoms with E-state index in [1.165, 1.54) is 5.56 Å². The lowest BCUT2D eigenvalue weighted by Crippen LogP contribution is -2.47. The minimum absolute atomic E-state index is 0.283. The SMILES string of the molecule is CC1(c2cccc(Br)c2)CN=C(N)N1c1cccc(Br)c1. The summed E-state index contributed by atoms with van der Waals surface area (Å²) in [7, 11) is 0. The van der Waals surface area contributed by atoms with Crippen LogP contribution in [0, 0.1) is 0 Å². The summed E-state index contributed by atoms with van der Waals surface area (Å²) in [5.74, 6) is 0.551. The summed E-state index contributed by atoms with van der Waals surface area (Å²) in [6, 6.07) is 16.4. The molecule has 2 N–H and O–H groups in total. The molecule has 108 valence electrons. The highest BCUT2D eigenvalue weighted by Gasteiger charge is 2.40. The van der Waals surface area contributed by atoms with E-state index >= 15 is 0 Å². The maximum absolute atomic E-state index is 6.16. The molecule has 1 heterocycles. The van der Waals surface area contributed by atoms with Crippen LogP contribution in [0.2, 0.25) is 0 Å². The summed E-state index contributed by atoms with van der Waals surface area (Å²) in [5.41, 5.74) is 8.09. The zero-order valence-electron chi connectivity index (χ0n) is 11.6. The minimum atomic E-state index is -0.283. The number of hydrogen-bond acceptors (Lipinski definition) is 3. The Hall–Kier alpha value is -1.33. The second-order valence-corrected chi connectivity index (χ2v) is 7.11. The Morgan fingerprint density at radius 2 is 1.76 bits per heavy atom. The van der Waals surface area contributed by atoms with Crippen molar-refractivity contribution in [1.82, 2.24) is 0 Å². The van der Waals surface area contributed by atoms with Crippen molar-refractivity contribution in [3.8, 4) is 0 Å². The number of halogens is 2. The third-order valence-electron chi connectivity index (χ3n) is 3.78. The third kappa shape index (κ3) is 2.60. The molecule has 5 heteroatoms. The molecule has 2 aromatic rings. The van der Waals surface area contributed by atoms with Crippen LogP contribution >= 0.6 is 31.9 Å². The average molecular weight is 409 g/mol. The van der Waals surface area contributed by atoms with Crippen LogP contribution in [0.1, 0.15) is 12.5 Å². The molecule has 0 spiro atoms. The number of rotatable bonds is 2. The fraction of sp³-hybridized carbons (Fsp3) is 0.188. The van der Waals surface area contributed by atoms with Crippen LogP contribution in [-0.4, -0.2) is 12.5 Å². The van der Waals surface area contributed by atoms with Crippen LogP contribution in [-0.2, 0) is 5.54 Å². The molecule has 0 saturated heterocycles. The van der Waals surface area contributed by atoms with Gasteiger partial charge in [0.2, 0.25) is 0 Å². The van der Waals surface area contributed by atoms with E-state index in [4.69, 9.17) is 5.73 Å². The number of guanidine groups is 1. The highest BCUT2D eigenvalue weighted by atomic mass is 79.9. The van der Waals surface area contributed by atoms with Gasteiger partial charge < -0.3 is 10.6 Å². The van der Waals surface area contributed by atoms with E-state index < -0.39 is 0 Å². The molecule has 0 fully saturated rings. The molecule has 3 nitrogen and oxygen atoms in total. The Labute approximate surface area is 141 Å². The first-order valence-corrected chi connectivity index (χ1v) is 8.21. The van der Waals surface area contributed by atoms with Gasteiger partial charge in [-0.2, -0.15) is 0 Å². The Balaban J connectivity index is 2.10. The molecule has 1 aliphatic heterocycles. The summed E-state index contributed by atoms with van der Waals surface area (Å²) in [6.45, 7) is 2.81. The quantitative estimate of drug-likeness (QED) is 0.806. The van der Waals surface area contributed by atoms with Crippen LogP contribution in [0.5, 0.6) is 0 Å². The van der Waals surface area contributed by atoms with Crippen molar-refractivity contribution in [2.45, 2.75) is 12.5 Å². The molecule has 0 aromatic heterocycles. The van der Waals surface area contributed by atoms with Gasteiger partial charge in [0.05, 0.1) is 12.1 Å². The number of benzene rings is 2. The Kier molecular flexibility index (Phi) is 3.80. The molecule has 3 rings (SSSR count). The predicted octanol–water partition coefficient (Wildman–Crippen LogP) is 4.26. The highest BCUT2D eigenvalue weighted by Crippen LogP contribution is 2.38. The molecule has 0 aliphatic carbocycles. The molecular weight excluding hydrogens is 394 g/mol. The lowest BCUT2D eigenvalue weighted by molar-refractivity contribution is 0.532. The van der Waals surface area contributed by atoms with E-state index in [0.29, 0.717) is 12.5 Å². The smallest absolute Gasteiger partial charge is 0.196 e. The average Bonchev–Trinajstić information content (AvgIpc) is 2.76. The monoisotopic (exact) mass is 407 g/mol. The molecule has 1 aliphatic rings. The normalized spacial score (nSPS) is 21.5. The van der Waals surface area contributed by atoms with Gasteiger partial charge in [-0.15, -0.1) is 0 Å². The van der Waals surface area contributed by atoms with Crippen LogP contribution in [0.15, 0.2) is 62.5 Å². The Morgan fingerprint density at radius 3 is 2.43 bits per heavy atom. The van der Waals surface area contributed by atoms with Crippen LogP contribution < -0.4 is 10.6 Å². The maximum atomic E-state index is 6.16. The lowest BCUT2D eigenvalue weighted by Gasteiger charge is -2.36. The summed E-state index contributed by atoms with van der Waals surface area (Å²) < 4.78 is 2.08. The van der Waals surface area contributed by atoms with Gasteiger partial charge >= 0.3 is 0 Å². The fourth-order valence-corrected chi connectivity index (χ4v) is 3.49. The highest BCUT2D eigenvalue weighted by molar-refractivity contribution is 9.10. The molecule has 0 bridgehead atoms. The number of anilines is 1. The Morgan fingerprint density at radius 1 is 1.10 bits per heavy atom. The zero-order valence-corrected chi connectivity index (χ0v) is 14.7. The van der Waals surface area contributed by atoms with E-state index in [0.717, 1.165) is 14.6 Å². The van der Waals surface area contributed by atoms with Crippen molar-refractivity contribution in [2.75, 3.05) is 11.4 Å². The number of hydrogen-bond donors (Lipinski definition) is 1. The summed E-state index contributed by atoms with van der Waals surface area (Å²) in [6.07, 6.45) is 0. The van der Waals surface area contributed by atoms with Gasteiger partial charge in [0, 0.05) is 14.6 Å². The summed E-state index contributed by atoms with van der Waals surface area (Å²) in [4.78, 5) is 6.57. The molecular formula is C16H15Br2N3. The second-order valence-electron chi connectivity index (χ2n) is 5.27. The van der Waals surface area contributed by atoms with E-state index in [2.05, 4.69) is 72.9 Å². The van der Waals surface area contributed by atoms with Crippen molar-refractivity contribution in [1.29, 1.82) is 0 Å². The largest absolute Gasteiger partial charge is 0.369 e. The predicted molar refractivity (Wildman–Crippen MR) is 94.6 cm³/mol. The number of aliphatic imine (C=N–C) groups is 1. The molecule has 2 aromatic carbocycles. The lowest BCUT2D eigenvalue weighted by atomic mass is 9.90. The molecule has 0 radical (unpaired) electrons. The van der Waals surface area contributed by atoms with Gasteiger partial charge in [0.25, 0.3) is 0 Å². The molecule has 0 amide bonds. The van der Waals surface area contributed by atoms with Crippen LogP contribution in [0.4, 0.5) is 5.69 Å². The summed E-state index contributed by atoms with van der Waals surface area (Å²) in [5, 5.41) is 0. The summed E-state index contributed by atoms with van der Waals surface area (Å²) >= 11 is 7.06. The molecule has 1 atom stereocenters. The van der Waals surface area contributed by atoms with E-state index in [-0.39, 0.29) is 5.54 Å². The van der Waals surface area contributed by atoms with Gasteiger partial charge in [0.1, 0.15) is 0 Å². The minimum Gasteiger partial charge on any atom is -0.369 e. The first-order chi connectivity index (χ1) is 10.0. The van der Waals surface area contributed by atoms with Crippen molar-refractivity contribution >= 4 is 43.5 Å². The van der Waals surface area contributed by atoms with Crippen LogP contribution in [0.3, 0.4) is 0 Å². The molecule has 21 heavy (non-hydrogen) atoms. The maximum Gasteiger partial charge on any atom is 0.196 e. The standard InChI is InChI=1S/C16H15Br2N3/c1-16(11-4-2-5-12(17)8-11)10-20-15(19)21(16)14-7-3-6-13(18)9-14/h2-9H,10H2,1H3,(H2,19,20). The number of nitrogens with two attached hydrogens (primary N) is 1. The molecule has 1 unspecified atom stereocenters. The Bertz CT molecular complexity index is 714. The van der Waals surface area contributed by atoms with Crippen molar-refractivity contribution in [3.63, 3.8) is 0 Å². The van der Waals surface area contributed by atoms with Gasteiger partial charge in [0.15, 0.2) is 5.96 Å².